The normalized spacial score (nSPS) is 12.2. The Morgan fingerprint density at radius 3 is 2.53 bits per heavy atom. The summed E-state index contributed by atoms with van der Waals surface area (Å²) in [4.78, 5) is 23.3. The van der Waals surface area contributed by atoms with E-state index >= 15 is 0 Å². The SMILES string of the molecule is CC(Nc1nccc(N(C(=O)Nc2cccc(Cl)c2)c2ccccc2)n1)C(C)(C)O. The van der Waals surface area contributed by atoms with Gasteiger partial charge in [0.05, 0.1) is 17.3 Å². The highest BCUT2D eigenvalue weighted by Crippen LogP contribution is 2.26. The van der Waals surface area contributed by atoms with Crippen molar-refractivity contribution in [3.05, 3.63) is 71.9 Å². The van der Waals surface area contributed by atoms with Gasteiger partial charge in [0.2, 0.25) is 5.95 Å². The number of aromatic nitrogens is 2. The highest BCUT2D eigenvalue weighted by Gasteiger charge is 2.24. The largest absolute Gasteiger partial charge is 0.388 e. The van der Waals surface area contributed by atoms with Gasteiger partial charge >= 0.3 is 6.03 Å². The van der Waals surface area contributed by atoms with Gasteiger partial charge in [0.1, 0.15) is 5.82 Å². The van der Waals surface area contributed by atoms with E-state index in [9.17, 15) is 9.90 Å². The molecular weight excluding hydrogens is 402 g/mol. The Morgan fingerprint density at radius 1 is 1.13 bits per heavy atom. The van der Waals surface area contributed by atoms with Crippen molar-refractivity contribution < 1.29 is 9.90 Å². The van der Waals surface area contributed by atoms with E-state index in [0.717, 1.165) is 0 Å². The number of aliphatic hydroxyl groups is 1. The van der Waals surface area contributed by atoms with E-state index < -0.39 is 11.6 Å². The van der Waals surface area contributed by atoms with Crippen LogP contribution >= 0.6 is 11.6 Å². The number of amides is 2. The Hall–Kier alpha value is -3.16. The molecule has 3 aromatic rings. The Morgan fingerprint density at radius 2 is 1.87 bits per heavy atom. The average Bonchev–Trinajstić information content (AvgIpc) is 2.68. The third-order valence-electron chi connectivity index (χ3n) is 4.57. The number of carbonyl (C=O) groups is 1. The van der Waals surface area contributed by atoms with Gasteiger partial charge in [-0.2, -0.15) is 4.98 Å². The standard InChI is InChI=1S/C22H24ClN5O2/c1-15(22(2,3)30)25-20-24-13-12-19(27-20)28(18-10-5-4-6-11-18)21(29)26-17-9-7-8-16(23)14-17/h4-15,30H,1-3H3,(H,26,29)(H,24,25,27). The Balaban J connectivity index is 1.93. The molecule has 0 aliphatic heterocycles. The lowest BCUT2D eigenvalue weighted by atomic mass is 10.0. The predicted octanol–water partition coefficient (Wildman–Crippen LogP) is 5.07. The fourth-order valence-corrected chi connectivity index (χ4v) is 2.78. The van der Waals surface area contributed by atoms with Gasteiger partial charge < -0.3 is 15.7 Å². The second-order valence-electron chi connectivity index (χ2n) is 7.37. The maximum absolute atomic E-state index is 13.2. The van der Waals surface area contributed by atoms with Crippen molar-refractivity contribution in [3.63, 3.8) is 0 Å². The van der Waals surface area contributed by atoms with Gasteiger partial charge in [-0.15, -0.1) is 0 Å². The van der Waals surface area contributed by atoms with Gasteiger partial charge in [0.15, 0.2) is 0 Å². The van der Waals surface area contributed by atoms with Crippen LogP contribution in [0.4, 0.5) is 27.9 Å². The molecule has 30 heavy (non-hydrogen) atoms. The molecule has 0 bridgehead atoms. The number of carbonyl (C=O) groups excluding carboxylic acids is 1. The third-order valence-corrected chi connectivity index (χ3v) is 4.80. The molecule has 2 aromatic carbocycles. The second kappa shape index (κ2) is 9.11. The average molecular weight is 426 g/mol. The first-order chi connectivity index (χ1) is 14.2. The molecule has 2 amide bonds. The Bertz CT molecular complexity index is 1010. The molecule has 3 rings (SSSR count). The van der Waals surface area contributed by atoms with E-state index in [1.165, 1.54) is 4.90 Å². The van der Waals surface area contributed by atoms with Crippen molar-refractivity contribution in [3.8, 4) is 0 Å². The van der Waals surface area contributed by atoms with Gasteiger partial charge in [-0.25, -0.2) is 14.7 Å². The van der Waals surface area contributed by atoms with Gasteiger partial charge in [-0.1, -0.05) is 35.9 Å². The minimum Gasteiger partial charge on any atom is -0.388 e. The second-order valence-corrected chi connectivity index (χ2v) is 7.81. The Kier molecular flexibility index (Phi) is 6.54. The first kappa shape index (κ1) is 21.5. The predicted molar refractivity (Wildman–Crippen MR) is 120 cm³/mol. The highest BCUT2D eigenvalue weighted by atomic mass is 35.5. The van der Waals surface area contributed by atoms with Crippen LogP contribution in [0.1, 0.15) is 20.8 Å². The number of urea groups is 1. The van der Waals surface area contributed by atoms with E-state index in [1.807, 2.05) is 37.3 Å². The van der Waals surface area contributed by atoms with Gasteiger partial charge in [0.25, 0.3) is 0 Å². The fourth-order valence-electron chi connectivity index (χ4n) is 2.59. The van der Waals surface area contributed by atoms with E-state index in [0.29, 0.717) is 28.2 Å². The zero-order valence-electron chi connectivity index (χ0n) is 17.0. The van der Waals surface area contributed by atoms with E-state index in [1.54, 1.807) is 50.4 Å². The molecule has 7 nitrogen and oxygen atoms in total. The molecule has 1 aromatic heterocycles. The van der Waals surface area contributed by atoms with E-state index in [2.05, 4.69) is 20.6 Å². The summed E-state index contributed by atoms with van der Waals surface area (Å²) in [5.74, 6) is 0.680. The summed E-state index contributed by atoms with van der Waals surface area (Å²) in [6.45, 7) is 5.23. The topological polar surface area (TPSA) is 90.4 Å². The molecule has 1 heterocycles. The summed E-state index contributed by atoms with van der Waals surface area (Å²) < 4.78 is 0. The smallest absolute Gasteiger partial charge is 0.332 e. The molecule has 1 unspecified atom stereocenters. The first-order valence-corrected chi connectivity index (χ1v) is 9.85. The summed E-state index contributed by atoms with van der Waals surface area (Å²) in [6, 6.07) is 17.0. The number of nitrogens with zero attached hydrogens (tertiary/aromatic N) is 3. The van der Waals surface area contributed by atoms with Crippen LogP contribution in [0.2, 0.25) is 5.02 Å². The molecule has 0 radical (unpaired) electrons. The molecular formula is C22H24ClN5O2. The lowest BCUT2D eigenvalue weighted by Gasteiger charge is -2.27. The zero-order chi connectivity index (χ0) is 21.7. The highest BCUT2D eigenvalue weighted by molar-refractivity contribution is 6.31. The van der Waals surface area contributed by atoms with Gasteiger partial charge in [-0.05, 0) is 51.1 Å². The summed E-state index contributed by atoms with van der Waals surface area (Å²) in [7, 11) is 0. The number of hydrogen-bond acceptors (Lipinski definition) is 5. The number of benzene rings is 2. The maximum atomic E-state index is 13.2. The monoisotopic (exact) mass is 425 g/mol. The first-order valence-electron chi connectivity index (χ1n) is 9.48. The molecule has 8 heteroatoms. The molecule has 0 aliphatic rings. The lowest BCUT2D eigenvalue weighted by Crippen LogP contribution is -2.40. The van der Waals surface area contributed by atoms with Crippen LogP contribution in [0.5, 0.6) is 0 Å². The van der Waals surface area contributed by atoms with E-state index in [-0.39, 0.29) is 6.04 Å². The van der Waals surface area contributed by atoms with Gasteiger partial charge in [-0.3, -0.25) is 0 Å². The van der Waals surface area contributed by atoms with Crippen molar-refractivity contribution >= 4 is 40.8 Å². The van der Waals surface area contributed by atoms with Crippen LogP contribution in [0.25, 0.3) is 0 Å². The summed E-state index contributed by atoms with van der Waals surface area (Å²) >= 11 is 6.03. The quantitative estimate of drug-likeness (QED) is 0.512. The van der Waals surface area contributed by atoms with E-state index in [4.69, 9.17) is 11.6 Å². The lowest BCUT2D eigenvalue weighted by molar-refractivity contribution is 0.0646. The van der Waals surface area contributed by atoms with Gasteiger partial charge in [0, 0.05) is 23.0 Å². The molecule has 156 valence electrons. The van der Waals surface area contributed by atoms with Crippen molar-refractivity contribution in [1.82, 2.24) is 9.97 Å². The van der Waals surface area contributed by atoms with Crippen LogP contribution in [0.3, 0.4) is 0 Å². The molecule has 0 aliphatic carbocycles. The molecule has 0 saturated carbocycles. The molecule has 3 N–H and O–H groups in total. The van der Waals surface area contributed by atoms with Crippen LogP contribution in [0, 0.1) is 0 Å². The third kappa shape index (κ3) is 5.46. The molecule has 0 saturated heterocycles. The number of hydrogen-bond donors (Lipinski definition) is 3. The summed E-state index contributed by atoms with van der Waals surface area (Å²) in [5.41, 5.74) is 0.233. The van der Waals surface area contributed by atoms with Crippen LogP contribution in [-0.2, 0) is 0 Å². The number of nitrogens with one attached hydrogen (secondary N) is 2. The number of halogens is 1. The van der Waals surface area contributed by atoms with Crippen LogP contribution in [-0.4, -0.2) is 32.7 Å². The van der Waals surface area contributed by atoms with Crippen molar-refractivity contribution in [2.75, 3.05) is 15.5 Å². The van der Waals surface area contributed by atoms with Crippen molar-refractivity contribution in [2.24, 2.45) is 0 Å². The number of rotatable bonds is 6. The number of para-hydroxylation sites is 1. The molecule has 0 spiro atoms. The molecule has 1 atom stereocenters. The Labute approximate surface area is 180 Å². The van der Waals surface area contributed by atoms with Crippen molar-refractivity contribution in [1.29, 1.82) is 0 Å². The summed E-state index contributed by atoms with van der Waals surface area (Å²) in [6.07, 6.45) is 1.56. The maximum Gasteiger partial charge on any atom is 0.332 e. The number of anilines is 4. The minimum absolute atomic E-state index is 0.304. The minimum atomic E-state index is -0.970. The van der Waals surface area contributed by atoms with Crippen molar-refractivity contribution in [2.45, 2.75) is 32.4 Å². The molecule has 0 fully saturated rings. The fraction of sp³-hybridized carbons (Fsp3) is 0.227. The zero-order valence-corrected chi connectivity index (χ0v) is 17.8. The summed E-state index contributed by atoms with van der Waals surface area (Å²) in [5, 5.41) is 16.6. The van der Waals surface area contributed by atoms with Crippen LogP contribution < -0.4 is 15.5 Å². The van der Waals surface area contributed by atoms with Crippen LogP contribution in [0.15, 0.2) is 66.9 Å².